The van der Waals surface area contributed by atoms with Crippen molar-refractivity contribution >= 4 is 5.91 Å². The first kappa shape index (κ1) is 12.0. The smallest absolute Gasteiger partial charge is 0.255 e. The Hall–Kier alpha value is -1.42. The summed E-state index contributed by atoms with van der Waals surface area (Å²) in [6.07, 6.45) is 2.22. The molecule has 0 spiro atoms. The third-order valence-electron chi connectivity index (χ3n) is 3.43. The van der Waals surface area contributed by atoms with Crippen LogP contribution in [0.3, 0.4) is 0 Å². The summed E-state index contributed by atoms with van der Waals surface area (Å²) in [5, 5.41) is 9.53. The Labute approximate surface area is 101 Å². The minimum atomic E-state index is -0.345. The molecule has 1 saturated heterocycles. The van der Waals surface area contributed by atoms with Gasteiger partial charge in [-0.3, -0.25) is 9.78 Å². The molecular weight excluding hydrogens is 216 g/mol. The van der Waals surface area contributed by atoms with Crippen LogP contribution in [-0.4, -0.2) is 40.1 Å². The molecule has 92 valence electrons. The Morgan fingerprint density at radius 1 is 1.65 bits per heavy atom. The first-order valence-corrected chi connectivity index (χ1v) is 5.98. The van der Waals surface area contributed by atoms with Gasteiger partial charge in [0.2, 0.25) is 0 Å². The fourth-order valence-electron chi connectivity index (χ4n) is 2.25. The highest BCUT2D eigenvalue weighted by molar-refractivity contribution is 5.95. The number of hydrogen-bond donors (Lipinski definition) is 1. The molecule has 17 heavy (non-hydrogen) atoms. The van der Waals surface area contributed by atoms with E-state index in [1.54, 1.807) is 30.2 Å². The van der Waals surface area contributed by atoms with Crippen molar-refractivity contribution in [2.24, 2.45) is 5.92 Å². The Kier molecular flexibility index (Phi) is 3.43. The fourth-order valence-corrected chi connectivity index (χ4v) is 2.25. The van der Waals surface area contributed by atoms with Gasteiger partial charge in [0.05, 0.1) is 11.7 Å². The molecule has 0 aliphatic carbocycles. The first-order chi connectivity index (χ1) is 8.09. The molecule has 2 atom stereocenters. The van der Waals surface area contributed by atoms with Crippen LogP contribution in [0.1, 0.15) is 29.4 Å². The van der Waals surface area contributed by atoms with E-state index in [0.717, 1.165) is 18.7 Å². The quantitative estimate of drug-likeness (QED) is 0.837. The number of hydrogen-bond acceptors (Lipinski definition) is 3. The SMILES string of the molecule is Cc1ncccc1C(=O)N1CCC(C(C)O)C1. The van der Waals surface area contributed by atoms with Crippen LogP contribution in [0.5, 0.6) is 0 Å². The lowest BCUT2D eigenvalue weighted by Crippen LogP contribution is -2.31. The van der Waals surface area contributed by atoms with Crippen LogP contribution in [0.4, 0.5) is 0 Å². The van der Waals surface area contributed by atoms with Crippen LogP contribution < -0.4 is 0 Å². The summed E-state index contributed by atoms with van der Waals surface area (Å²) in [5.74, 6) is 0.231. The lowest BCUT2D eigenvalue weighted by molar-refractivity contribution is 0.0761. The zero-order valence-electron chi connectivity index (χ0n) is 10.3. The zero-order chi connectivity index (χ0) is 12.4. The van der Waals surface area contributed by atoms with Crippen molar-refractivity contribution in [2.45, 2.75) is 26.4 Å². The highest BCUT2D eigenvalue weighted by Gasteiger charge is 2.30. The van der Waals surface area contributed by atoms with Gasteiger partial charge in [0, 0.05) is 30.9 Å². The molecule has 1 fully saturated rings. The molecule has 2 unspecified atom stereocenters. The van der Waals surface area contributed by atoms with E-state index >= 15 is 0 Å². The van der Waals surface area contributed by atoms with Gasteiger partial charge in [-0.25, -0.2) is 0 Å². The molecular formula is C13H18N2O2. The van der Waals surface area contributed by atoms with Gasteiger partial charge >= 0.3 is 0 Å². The van der Waals surface area contributed by atoms with Crippen LogP contribution >= 0.6 is 0 Å². The van der Waals surface area contributed by atoms with Crippen molar-refractivity contribution in [1.29, 1.82) is 0 Å². The second kappa shape index (κ2) is 4.84. The topological polar surface area (TPSA) is 53.4 Å². The molecule has 0 aromatic carbocycles. The molecule has 1 aliphatic rings. The van der Waals surface area contributed by atoms with Crippen LogP contribution in [0.2, 0.25) is 0 Å². The molecule has 2 rings (SSSR count). The standard InChI is InChI=1S/C13H18N2O2/c1-9-12(4-3-6-14-9)13(17)15-7-5-11(8-15)10(2)16/h3-4,6,10-11,16H,5,7-8H2,1-2H3. The van der Waals surface area contributed by atoms with Crippen molar-refractivity contribution in [3.63, 3.8) is 0 Å². The van der Waals surface area contributed by atoms with Gasteiger partial charge in [0.25, 0.3) is 5.91 Å². The summed E-state index contributed by atoms with van der Waals surface area (Å²) < 4.78 is 0. The minimum absolute atomic E-state index is 0.0266. The number of pyridine rings is 1. The molecule has 1 N–H and O–H groups in total. The maximum absolute atomic E-state index is 12.2. The van der Waals surface area contributed by atoms with E-state index in [9.17, 15) is 9.90 Å². The third-order valence-corrected chi connectivity index (χ3v) is 3.43. The number of likely N-dealkylation sites (tertiary alicyclic amines) is 1. The molecule has 4 heteroatoms. The Bertz CT molecular complexity index is 418. The van der Waals surface area contributed by atoms with Crippen molar-refractivity contribution in [3.05, 3.63) is 29.6 Å². The van der Waals surface area contributed by atoms with E-state index < -0.39 is 0 Å². The monoisotopic (exact) mass is 234 g/mol. The number of carbonyl (C=O) groups is 1. The summed E-state index contributed by atoms with van der Waals surface area (Å²) in [5.41, 5.74) is 1.43. The normalized spacial score (nSPS) is 21.6. The lowest BCUT2D eigenvalue weighted by Gasteiger charge is -2.18. The summed E-state index contributed by atoms with van der Waals surface area (Å²) in [6.45, 7) is 5.00. The van der Waals surface area contributed by atoms with Crippen LogP contribution in [0.15, 0.2) is 18.3 Å². The summed E-state index contributed by atoms with van der Waals surface area (Å²) in [7, 11) is 0. The zero-order valence-corrected chi connectivity index (χ0v) is 10.3. The molecule has 2 heterocycles. The van der Waals surface area contributed by atoms with E-state index in [1.807, 2.05) is 6.92 Å². The summed E-state index contributed by atoms with van der Waals surface area (Å²) in [6, 6.07) is 3.59. The Morgan fingerprint density at radius 3 is 3.00 bits per heavy atom. The fraction of sp³-hybridized carbons (Fsp3) is 0.538. The highest BCUT2D eigenvalue weighted by Crippen LogP contribution is 2.21. The van der Waals surface area contributed by atoms with Crippen molar-refractivity contribution in [1.82, 2.24) is 9.88 Å². The molecule has 0 bridgehead atoms. The third kappa shape index (κ3) is 2.47. The maximum atomic E-state index is 12.2. The number of aliphatic hydroxyl groups is 1. The average Bonchev–Trinajstić information content (AvgIpc) is 2.78. The van der Waals surface area contributed by atoms with Crippen molar-refractivity contribution in [2.75, 3.05) is 13.1 Å². The number of aromatic nitrogens is 1. The molecule has 1 aromatic heterocycles. The molecule has 0 radical (unpaired) electrons. The summed E-state index contributed by atoms with van der Waals surface area (Å²) in [4.78, 5) is 18.2. The number of rotatable bonds is 2. The van der Waals surface area contributed by atoms with Gasteiger partial charge in [-0.1, -0.05) is 0 Å². The van der Waals surface area contributed by atoms with Crippen molar-refractivity contribution < 1.29 is 9.90 Å². The molecule has 0 saturated carbocycles. The van der Waals surface area contributed by atoms with Gasteiger partial charge in [-0.15, -0.1) is 0 Å². The van der Waals surface area contributed by atoms with E-state index in [1.165, 1.54) is 0 Å². The van der Waals surface area contributed by atoms with Gasteiger partial charge in [-0.2, -0.15) is 0 Å². The molecule has 1 aliphatic heterocycles. The van der Waals surface area contributed by atoms with E-state index in [4.69, 9.17) is 0 Å². The molecule has 1 aromatic rings. The minimum Gasteiger partial charge on any atom is -0.393 e. The number of amides is 1. The Balaban J connectivity index is 2.10. The van der Waals surface area contributed by atoms with Gasteiger partial charge in [0.15, 0.2) is 0 Å². The second-order valence-corrected chi connectivity index (χ2v) is 4.68. The van der Waals surface area contributed by atoms with Crippen LogP contribution in [0.25, 0.3) is 0 Å². The molecule has 4 nitrogen and oxygen atoms in total. The van der Waals surface area contributed by atoms with Gasteiger partial charge < -0.3 is 10.0 Å². The largest absolute Gasteiger partial charge is 0.393 e. The van der Waals surface area contributed by atoms with Crippen LogP contribution in [-0.2, 0) is 0 Å². The van der Waals surface area contributed by atoms with Crippen molar-refractivity contribution in [3.8, 4) is 0 Å². The van der Waals surface area contributed by atoms with Gasteiger partial charge in [0.1, 0.15) is 0 Å². The first-order valence-electron chi connectivity index (χ1n) is 5.98. The predicted octanol–water partition coefficient (Wildman–Crippen LogP) is 1.23. The highest BCUT2D eigenvalue weighted by atomic mass is 16.3. The van der Waals surface area contributed by atoms with E-state index in [2.05, 4.69) is 4.98 Å². The number of nitrogens with zero attached hydrogens (tertiary/aromatic N) is 2. The number of carbonyl (C=O) groups excluding carboxylic acids is 1. The number of aliphatic hydroxyl groups excluding tert-OH is 1. The van der Waals surface area contributed by atoms with Gasteiger partial charge in [-0.05, 0) is 32.4 Å². The lowest BCUT2D eigenvalue weighted by atomic mass is 10.0. The van der Waals surface area contributed by atoms with E-state index in [-0.39, 0.29) is 17.9 Å². The Morgan fingerprint density at radius 2 is 2.41 bits per heavy atom. The second-order valence-electron chi connectivity index (χ2n) is 4.68. The molecule has 1 amide bonds. The number of aryl methyl sites for hydroxylation is 1. The maximum Gasteiger partial charge on any atom is 0.255 e. The van der Waals surface area contributed by atoms with Crippen LogP contribution in [0, 0.1) is 12.8 Å². The predicted molar refractivity (Wildman–Crippen MR) is 64.7 cm³/mol. The van der Waals surface area contributed by atoms with E-state index in [0.29, 0.717) is 12.1 Å². The summed E-state index contributed by atoms with van der Waals surface area (Å²) >= 11 is 0. The average molecular weight is 234 g/mol.